The molecule has 3 aromatic rings. The van der Waals surface area contributed by atoms with Crippen LogP contribution in [0.25, 0.3) is 0 Å². The zero-order valence-corrected chi connectivity index (χ0v) is 21.4. The van der Waals surface area contributed by atoms with Crippen LogP contribution in [-0.2, 0) is 18.3 Å². The molecule has 4 rings (SSSR count). The molecule has 1 aliphatic heterocycles. The van der Waals surface area contributed by atoms with Crippen molar-refractivity contribution in [1.29, 1.82) is 0 Å². The van der Waals surface area contributed by atoms with Crippen LogP contribution in [0.5, 0.6) is 11.6 Å². The number of ether oxygens (including phenoxy) is 1. The lowest BCUT2D eigenvalue weighted by molar-refractivity contribution is -0.129. The molecular weight excluding hydrogens is 497 g/mol. The third kappa shape index (κ3) is 5.51. The Morgan fingerprint density at radius 2 is 1.97 bits per heavy atom. The zero-order chi connectivity index (χ0) is 24.2. The molecule has 0 aliphatic carbocycles. The van der Waals surface area contributed by atoms with Gasteiger partial charge in [-0.15, -0.1) is 0 Å². The van der Waals surface area contributed by atoms with E-state index in [0.29, 0.717) is 65.9 Å². The topological polar surface area (TPSA) is 88.4 Å². The number of nitrogens with one attached hydrogen (secondary N) is 1. The van der Waals surface area contributed by atoms with Gasteiger partial charge in [-0.1, -0.05) is 36.2 Å². The van der Waals surface area contributed by atoms with Gasteiger partial charge >= 0.3 is 0 Å². The number of halogens is 2. The first kappa shape index (κ1) is 24.4. The summed E-state index contributed by atoms with van der Waals surface area (Å²) in [6.45, 7) is 6.25. The normalized spacial score (nSPS) is 13.8. The van der Waals surface area contributed by atoms with Crippen LogP contribution in [0.1, 0.15) is 19.4 Å². The summed E-state index contributed by atoms with van der Waals surface area (Å²) in [7, 11) is 1.85. The van der Waals surface area contributed by atoms with Gasteiger partial charge in [0.15, 0.2) is 0 Å². The van der Waals surface area contributed by atoms with Gasteiger partial charge in [0.1, 0.15) is 15.9 Å². The highest BCUT2D eigenvalue weighted by Crippen LogP contribution is 2.39. The standard InChI is InChI=1S/C22H25Cl2N7O2S/c1-4-16-20(24)26-22(28-34-15-12-25-29(3)13-15)27-21(16)33-18-7-5-6-17(19(18)23)31-10-8-30(9-11-31)14(2)32/h5-7,12-13H,4,8-11H2,1-3H3,(H,26,27,28). The molecule has 180 valence electrons. The molecule has 1 amide bonds. The van der Waals surface area contributed by atoms with E-state index >= 15 is 0 Å². The molecule has 1 aliphatic rings. The van der Waals surface area contributed by atoms with Gasteiger partial charge in [-0.25, -0.2) is 0 Å². The molecule has 1 aromatic carbocycles. The van der Waals surface area contributed by atoms with Crippen molar-refractivity contribution < 1.29 is 9.53 Å². The first-order chi connectivity index (χ1) is 16.4. The molecule has 0 spiro atoms. The molecule has 0 unspecified atom stereocenters. The number of carbonyl (C=O) groups is 1. The van der Waals surface area contributed by atoms with E-state index in [4.69, 9.17) is 27.9 Å². The average Bonchev–Trinajstić information content (AvgIpc) is 3.24. The highest BCUT2D eigenvalue weighted by Gasteiger charge is 2.23. The molecule has 34 heavy (non-hydrogen) atoms. The summed E-state index contributed by atoms with van der Waals surface area (Å²) in [4.78, 5) is 25.4. The molecule has 3 heterocycles. The van der Waals surface area contributed by atoms with Crippen molar-refractivity contribution in [3.8, 4) is 11.6 Å². The van der Waals surface area contributed by atoms with Gasteiger partial charge in [0.25, 0.3) is 0 Å². The zero-order valence-electron chi connectivity index (χ0n) is 19.1. The van der Waals surface area contributed by atoms with E-state index in [1.807, 2.05) is 37.2 Å². The predicted octanol–water partition coefficient (Wildman–Crippen LogP) is 4.66. The second kappa shape index (κ2) is 10.7. The van der Waals surface area contributed by atoms with Crippen molar-refractivity contribution in [2.75, 3.05) is 35.8 Å². The Hall–Kier alpha value is -2.69. The summed E-state index contributed by atoms with van der Waals surface area (Å²) in [6.07, 6.45) is 4.20. The van der Waals surface area contributed by atoms with Gasteiger partial charge in [0.2, 0.25) is 17.7 Å². The first-order valence-corrected chi connectivity index (χ1v) is 12.4. The fourth-order valence-electron chi connectivity index (χ4n) is 3.61. The number of amides is 1. The maximum Gasteiger partial charge on any atom is 0.237 e. The molecule has 0 atom stereocenters. The third-order valence-electron chi connectivity index (χ3n) is 5.43. The summed E-state index contributed by atoms with van der Waals surface area (Å²) < 4.78 is 11.0. The van der Waals surface area contributed by atoms with E-state index in [0.717, 1.165) is 10.6 Å². The lowest BCUT2D eigenvalue weighted by atomic mass is 10.2. The summed E-state index contributed by atoms with van der Waals surface area (Å²) in [6, 6.07) is 5.63. The number of hydrogen-bond acceptors (Lipinski definition) is 8. The van der Waals surface area contributed by atoms with Crippen LogP contribution in [0.3, 0.4) is 0 Å². The van der Waals surface area contributed by atoms with Gasteiger partial charge in [0.05, 0.1) is 22.3 Å². The Labute approximate surface area is 212 Å². The van der Waals surface area contributed by atoms with Crippen LogP contribution in [0.4, 0.5) is 11.6 Å². The molecule has 2 aromatic heterocycles. The van der Waals surface area contributed by atoms with Gasteiger partial charge in [-0.3, -0.25) is 14.2 Å². The van der Waals surface area contributed by atoms with Crippen LogP contribution in [0.2, 0.25) is 10.2 Å². The molecule has 0 radical (unpaired) electrons. The Balaban J connectivity index is 1.55. The van der Waals surface area contributed by atoms with Crippen LogP contribution in [0, 0.1) is 0 Å². The van der Waals surface area contributed by atoms with E-state index < -0.39 is 0 Å². The highest BCUT2D eigenvalue weighted by atomic mass is 35.5. The molecule has 1 fully saturated rings. The van der Waals surface area contributed by atoms with Crippen molar-refractivity contribution in [2.45, 2.75) is 25.2 Å². The van der Waals surface area contributed by atoms with E-state index in [2.05, 4.69) is 24.7 Å². The minimum Gasteiger partial charge on any atom is -0.437 e. The number of aryl methyl sites for hydroxylation is 1. The smallest absolute Gasteiger partial charge is 0.237 e. The molecule has 1 saturated heterocycles. The van der Waals surface area contributed by atoms with Crippen molar-refractivity contribution in [3.05, 3.63) is 46.3 Å². The average molecular weight is 522 g/mol. The molecule has 1 N–H and O–H groups in total. The molecule has 9 nitrogen and oxygen atoms in total. The van der Waals surface area contributed by atoms with Crippen LogP contribution in [0.15, 0.2) is 35.5 Å². The van der Waals surface area contributed by atoms with Crippen LogP contribution < -0.4 is 14.4 Å². The molecule has 0 saturated carbocycles. The fraction of sp³-hybridized carbons (Fsp3) is 0.364. The number of carbonyl (C=O) groups excluding carboxylic acids is 1. The van der Waals surface area contributed by atoms with Crippen LogP contribution in [-0.4, -0.2) is 56.7 Å². The third-order valence-corrected chi connectivity index (χ3v) is 6.85. The summed E-state index contributed by atoms with van der Waals surface area (Å²) >= 11 is 14.5. The lowest BCUT2D eigenvalue weighted by Crippen LogP contribution is -2.48. The number of piperazine rings is 1. The van der Waals surface area contributed by atoms with E-state index in [1.165, 1.54) is 11.9 Å². The number of hydrogen-bond donors (Lipinski definition) is 1. The Morgan fingerprint density at radius 3 is 2.62 bits per heavy atom. The highest BCUT2D eigenvalue weighted by molar-refractivity contribution is 8.00. The molecule has 12 heteroatoms. The Morgan fingerprint density at radius 1 is 1.21 bits per heavy atom. The van der Waals surface area contributed by atoms with Crippen LogP contribution >= 0.6 is 35.1 Å². The molecule has 0 bridgehead atoms. The van der Waals surface area contributed by atoms with Gasteiger partial charge in [0, 0.05) is 46.3 Å². The maximum atomic E-state index is 11.6. The number of benzene rings is 1. The number of nitrogens with zero attached hydrogens (tertiary/aromatic N) is 6. The quantitative estimate of drug-likeness (QED) is 0.354. The van der Waals surface area contributed by atoms with Gasteiger partial charge < -0.3 is 14.5 Å². The SMILES string of the molecule is CCc1c(Cl)nc(NSc2cnn(C)c2)nc1Oc1cccc(N2CCN(C(C)=O)CC2)c1Cl. The van der Waals surface area contributed by atoms with Crippen molar-refractivity contribution in [1.82, 2.24) is 24.6 Å². The Kier molecular flexibility index (Phi) is 7.70. The fourth-order valence-corrected chi connectivity index (χ4v) is 4.79. The minimum absolute atomic E-state index is 0.0849. The second-order valence-corrected chi connectivity index (χ2v) is 9.33. The van der Waals surface area contributed by atoms with E-state index in [1.54, 1.807) is 23.9 Å². The summed E-state index contributed by atoms with van der Waals surface area (Å²) in [5, 5.41) is 4.94. The first-order valence-electron chi connectivity index (χ1n) is 10.8. The summed E-state index contributed by atoms with van der Waals surface area (Å²) in [5.41, 5.74) is 1.54. The number of anilines is 2. The lowest BCUT2D eigenvalue weighted by Gasteiger charge is -2.36. The van der Waals surface area contributed by atoms with Crippen molar-refractivity contribution in [2.24, 2.45) is 7.05 Å². The van der Waals surface area contributed by atoms with E-state index in [9.17, 15) is 4.79 Å². The van der Waals surface area contributed by atoms with Gasteiger partial charge in [-0.05, 0) is 30.5 Å². The minimum atomic E-state index is 0.0849. The molecular formula is C22H25Cl2N7O2S. The second-order valence-electron chi connectivity index (χ2n) is 7.71. The van der Waals surface area contributed by atoms with E-state index in [-0.39, 0.29) is 5.91 Å². The number of aromatic nitrogens is 4. The predicted molar refractivity (Wildman–Crippen MR) is 135 cm³/mol. The van der Waals surface area contributed by atoms with Gasteiger partial charge in [-0.2, -0.15) is 15.1 Å². The monoisotopic (exact) mass is 521 g/mol. The largest absolute Gasteiger partial charge is 0.437 e. The Bertz CT molecular complexity index is 1180. The van der Waals surface area contributed by atoms with Crippen molar-refractivity contribution >= 4 is 52.7 Å². The maximum absolute atomic E-state index is 11.6. The number of rotatable bonds is 7. The van der Waals surface area contributed by atoms with Crippen molar-refractivity contribution in [3.63, 3.8) is 0 Å². The summed E-state index contributed by atoms with van der Waals surface area (Å²) in [5.74, 6) is 1.22.